The van der Waals surface area contributed by atoms with Crippen LogP contribution in [0.5, 0.6) is 0 Å². The summed E-state index contributed by atoms with van der Waals surface area (Å²) in [6.45, 7) is 4.13. The van der Waals surface area contributed by atoms with E-state index in [0.717, 1.165) is 50.9 Å². The van der Waals surface area contributed by atoms with E-state index in [9.17, 15) is 0 Å². The van der Waals surface area contributed by atoms with E-state index in [1.54, 1.807) is 0 Å². The number of hydrogen-bond acceptors (Lipinski definition) is 5. The zero-order valence-electron chi connectivity index (χ0n) is 13.0. The third-order valence-corrected chi connectivity index (χ3v) is 4.54. The lowest BCUT2D eigenvalue weighted by atomic mass is 9.98. The van der Waals surface area contributed by atoms with E-state index in [1.165, 1.54) is 25.7 Å². The average Bonchev–Trinajstić information content (AvgIpc) is 3.17. The van der Waals surface area contributed by atoms with E-state index in [2.05, 4.69) is 25.4 Å². The highest BCUT2D eigenvalue weighted by molar-refractivity contribution is 5.29. The van der Waals surface area contributed by atoms with Crippen molar-refractivity contribution >= 4 is 5.95 Å². The lowest BCUT2D eigenvalue weighted by Gasteiger charge is -2.31. The Morgan fingerprint density at radius 2 is 2.33 bits per heavy atom. The summed E-state index contributed by atoms with van der Waals surface area (Å²) in [7, 11) is 2.02. The highest BCUT2D eigenvalue weighted by Gasteiger charge is 2.22. The van der Waals surface area contributed by atoms with E-state index < -0.39 is 0 Å². The first-order valence-corrected chi connectivity index (χ1v) is 8.27. The Bertz CT molecular complexity index is 427. The Labute approximate surface area is 126 Å². The molecule has 2 aliphatic heterocycles. The second kappa shape index (κ2) is 7.22. The van der Waals surface area contributed by atoms with Crippen molar-refractivity contribution in [1.82, 2.24) is 20.5 Å². The maximum atomic E-state index is 5.66. The van der Waals surface area contributed by atoms with Crippen molar-refractivity contribution in [3.05, 3.63) is 5.82 Å². The zero-order valence-corrected chi connectivity index (χ0v) is 13.0. The van der Waals surface area contributed by atoms with Crippen LogP contribution in [0.4, 0.5) is 5.95 Å². The molecule has 2 unspecified atom stereocenters. The number of aromatic nitrogens is 3. The Hall–Kier alpha value is -1.14. The number of hydrogen-bond donors (Lipinski definition) is 2. The van der Waals surface area contributed by atoms with Crippen LogP contribution < -0.4 is 10.2 Å². The molecule has 1 aromatic rings. The van der Waals surface area contributed by atoms with Gasteiger partial charge in [0.1, 0.15) is 5.82 Å². The third-order valence-electron chi connectivity index (χ3n) is 4.54. The lowest BCUT2D eigenvalue weighted by Crippen LogP contribution is -2.39. The largest absolute Gasteiger partial charge is 0.378 e. The zero-order chi connectivity index (χ0) is 14.5. The van der Waals surface area contributed by atoms with Gasteiger partial charge in [-0.1, -0.05) is 0 Å². The Morgan fingerprint density at radius 3 is 3.14 bits per heavy atom. The Morgan fingerprint density at radius 1 is 1.38 bits per heavy atom. The smallest absolute Gasteiger partial charge is 0.244 e. The van der Waals surface area contributed by atoms with Gasteiger partial charge in [0.05, 0.1) is 6.10 Å². The van der Waals surface area contributed by atoms with Crippen LogP contribution in [-0.4, -0.2) is 54.6 Å². The molecule has 118 valence electrons. The van der Waals surface area contributed by atoms with Crippen molar-refractivity contribution in [3.63, 3.8) is 0 Å². The molecular formula is C15H27N5O. The summed E-state index contributed by atoms with van der Waals surface area (Å²) in [5.74, 6) is 2.58. The third kappa shape index (κ3) is 3.95. The molecule has 0 bridgehead atoms. The van der Waals surface area contributed by atoms with Crippen molar-refractivity contribution in [2.75, 3.05) is 38.2 Å². The van der Waals surface area contributed by atoms with Crippen LogP contribution in [0.3, 0.4) is 0 Å². The highest BCUT2D eigenvalue weighted by atomic mass is 16.5. The van der Waals surface area contributed by atoms with Gasteiger partial charge < -0.3 is 15.0 Å². The Kier molecular flexibility index (Phi) is 5.08. The number of piperidine rings is 1. The van der Waals surface area contributed by atoms with Gasteiger partial charge in [0.15, 0.2) is 0 Å². The van der Waals surface area contributed by atoms with Crippen LogP contribution in [0.2, 0.25) is 0 Å². The monoisotopic (exact) mass is 293 g/mol. The molecule has 0 amide bonds. The Balaban J connectivity index is 1.51. The second-order valence-electron chi connectivity index (χ2n) is 6.27. The molecule has 0 spiro atoms. The molecule has 6 nitrogen and oxygen atoms in total. The fourth-order valence-corrected chi connectivity index (χ4v) is 3.41. The first-order valence-electron chi connectivity index (χ1n) is 8.27. The van der Waals surface area contributed by atoms with Gasteiger partial charge in [0, 0.05) is 26.1 Å². The molecule has 3 rings (SSSR count). The SMILES string of the molecule is CNCC1CCCN(c2n[nH]c(CCC3CCCO3)n2)C1. The molecule has 2 fully saturated rings. The minimum atomic E-state index is 0.425. The van der Waals surface area contributed by atoms with Gasteiger partial charge in [-0.05, 0) is 51.6 Å². The van der Waals surface area contributed by atoms with Crippen LogP contribution in [0.1, 0.15) is 37.9 Å². The number of H-pyrrole nitrogens is 1. The average molecular weight is 293 g/mol. The van der Waals surface area contributed by atoms with Gasteiger partial charge in [0.25, 0.3) is 0 Å². The number of rotatable bonds is 6. The van der Waals surface area contributed by atoms with Gasteiger partial charge >= 0.3 is 0 Å². The van der Waals surface area contributed by atoms with Crippen molar-refractivity contribution in [3.8, 4) is 0 Å². The summed E-state index contributed by atoms with van der Waals surface area (Å²) in [5, 5.41) is 10.8. The predicted octanol–water partition coefficient (Wildman–Crippen LogP) is 1.35. The topological polar surface area (TPSA) is 66.1 Å². The van der Waals surface area contributed by atoms with Crippen LogP contribution in [0.15, 0.2) is 0 Å². The van der Waals surface area contributed by atoms with Crippen molar-refractivity contribution in [2.45, 2.75) is 44.6 Å². The van der Waals surface area contributed by atoms with Crippen LogP contribution >= 0.6 is 0 Å². The molecule has 6 heteroatoms. The van der Waals surface area contributed by atoms with Crippen LogP contribution in [-0.2, 0) is 11.2 Å². The standard InChI is InChI=1S/C15H27N5O/c1-16-10-12-4-2-8-20(11-12)15-17-14(18-19-15)7-6-13-5-3-9-21-13/h12-13,16H,2-11H2,1H3,(H,17,18,19). The molecule has 0 radical (unpaired) electrons. The number of nitrogens with one attached hydrogen (secondary N) is 2. The lowest BCUT2D eigenvalue weighted by molar-refractivity contribution is 0.104. The van der Waals surface area contributed by atoms with Gasteiger partial charge in [-0.25, -0.2) is 0 Å². The molecule has 2 aliphatic rings. The molecule has 2 N–H and O–H groups in total. The van der Waals surface area contributed by atoms with E-state index in [1.807, 2.05) is 7.05 Å². The van der Waals surface area contributed by atoms with E-state index >= 15 is 0 Å². The number of ether oxygens (including phenoxy) is 1. The summed E-state index contributed by atoms with van der Waals surface area (Å²) < 4.78 is 5.66. The predicted molar refractivity (Wildman–Crippen MR) is 82.5 cm³/mol. The summed E-state index contributed by atoms with van der Waals surface area (Å²) in [5.41, 5.74) is 0. The molecule has 2 saturated heterocycles. The molecule has 21 heavy (non-hydrogen) atoms. The van der Waals surface area contributed by atoms with Gasteiger partial charge in [-0.3, -0.25) is 5.10 Å². The van der Waals surface area contributed by atoms with Crippen LogP contribution in [0.25, 0.3) is 0 Å². The minimum Gasteiger partial charge on any atom is -0.378 e. The van der Waals surface area contributed by atoms with Gasteiger partial charge in [-0.15, -0.1) is 5.10 Å². The fourth-order valence-electron chi connectivity index (χ4n) is 3.41. The first kappa shape index (κ1) is 14.8. The normalized spacial score (nSPS) is 26.4. The van der Waals surface area contributed by atoms with Gasteiger partial charge in [0.2, 0.25) is 5.95 Å². The summed E-state index contributed by atoms with van der Waals surface area (Å²) in [4.78, 5) is 6.99. The number of anilines is 1. The van der Waals surface area contributed by atoms with E-state index in [-0.39, 0.29) is 0 Å². The van der Waals surface area contributed by atoms with Crippen molar-refractivity contribution in [2.24, 2.45) is 5.92 Å². The summed E-state index contributed by atoms with van der Waals surface area (Å²) in [6.07, 6.45) is 7.34. The van der Waals surface area contributed by atoms with Crippen LogP contribution in [0, 0.1) is 5.92 Å². The summed E-state index contributed by atoms with van der Waals surface area (Å²) >= 11 is 0. The molecule has 0 saturated carbocycles. The number of aromatic amines is 1. The number of nitrogens with zero attached hydrogens (tertiary/aromatic N) is 3. The van der Waals surface area contributed by atoms with E-state index in [4.69, 9.17) is 4.74 Å². The quantitative estimate of drug-likeness (QED) is 0.829. The first-order chi connectivity index (χ1) is 10.3. The van der Waals surface area contributed by atoms with Crippen molar-refractivity contribution in [1.29, 1.82) is 0 Å². The maximum Gasteiger partial charge on any atom is 0.244 e. The highest BCUT2D eigenvalue weighted by Crippen LogP contribution is 2.21. The molecule has 0 aliphatic carbocycles. The van der Waals surface area contributed by atoms with Gasteiger partial charge in [-0.2, -0.15) is 4.98 Å². The minimum absolute atomic E-state index is 0.425. The summed E-state index contributed by atoms with van der Waals surface area (Å²) in [6, 6.07) is 0. The fraction of sp³-hybridized carbons (Fsp3) is 0.867. The second-order valence-corrected chi connectivity index (χ2v) is 6.27. The molecule has 2 atom stereocenters. The maximum absolute atomic E-state index is 5.66. The van der Waals surface area contributed by atoms with E-state index in [0.29, 0.717) is 12.0 Å². The molecule has 0 aromatic carbocycles. The molecule has 1 aromatic heterocycles. The van der Waals surface area contributed by atoms with Crippen molar-refractivity contribution < 1.29 is 4.74 Å². The number of aryl methyl sites for hydroxylation is 1. The molecular weight excluding hydrogens is 266 g/mol. The molecule has 3 heterocycles.